The first-order chi connectivity index (χ1) is 8.20. The van der Waals surface area contributed by atoms with Crippen molar-refractivity contribution in [1.29, 1.82) is 0 Å². The van der Waals surface area contributed by atoms with Crippen LogP contribution in [-0.4, -0.2) is 29.7 Å². The molecule has 3 nitrogen and oxygen atoms in total. The molecule has 0 aliphatic carbocycles. The minimum atomic E-state index is -0.00128. The summed E-state index contributed by atoms with van der Waals surface area (Å²) in [6, 6.07) is 7.29. The molecule has 1 saturated heterocycles. The minimum absolute atomic E-state index is 0.00128. The SMILES string of the molecule is O=C1CCN(C(=O)c2ccc(CCl)cc2)CC1. The molecule has 2 rings (SSSR count). The number of hydrogen-bond donors (Lipinski definition) is 0. The fourth-order valence-corrected chi connectivity index (χ4v) is 2.06. The average molecular weight is 252 g/mol. The Morgan fingerprint density at radius 3 is 2.29 bits per heavy atom. The van der Waals surface area contributed by atoms with Crippen molar-refractivity contribution in [3.05, 3.63) is 35.4 Å². The monoisotopic (exact) mass is 251 g/mol. The van der Waals surface area contributed by atoms with Gasteiger partial charge in [0, 0.05) is 37.4 Å². The fourth-order valence-electron chi connectivity index (χ4n) is 1.88. The predicted molar refractivity (Wildman–Crippen MR) is 66.1 cm³/mol. The van der Waals surface area contributed by atoms with Crippen molar-refractivity contribution in [2.75, 3.05) is 13.1 Å². The Kier molecular flexibility index (Phi) is 3.79. The number of rotatable bonds is 2. The van der Waals surface area contributed by atoms with Gasteiger partial charge in [-0.05, 0) is 17.7 Å². The standard InChI is InChI=1S/C13H14ClNO2/c14-9-10-1-3-11(4-2-10)13(17)15-7-5-12(16)6-8-15/h1-4H,5-9H2. The van der Waals surface area contributed by atoms with E-state index < -0.39 is 0 Å². The lowest BCUT2D eigenvalue weighted by atomic mass is 10.1. The number of Topliss-reactive ketones (excluding diaryl/α,β-unsaturated/α-hetero) is 1. The molecule has 1 amide bonds. The molecule has 1 aromatic rings. The summed E-state index contributed by atoms with van der Waals surface area (Å²) in [6.45, 7) is 1.07. The van der Waals surface area contributed by atoms with Crippen LogP contribution in [-0.2, 0) is 10.7 Å². The molecule has 0 saturated carbocycles. The third-order valence-corrected chi connectivity index (χ3v) is 3.27. The summed E-state index contributed by atoms with van der Waals surface area (Å²) in [5.41, 5.74) is 1.66. The second kappa shape index (κ2) is 5.32. The number of carbonyl (C=O) groups is 2. The highest BCUT2D eigenvalue weighted by atomic mass is 35.5. The van der Waals surface area contributed by atoms with Crippen LogP contribution in [0.5, 0.6) is 0 Å². The first-order valence-corrected chi connectivity index (χ1v) is 6.20. The van der Waals surface area contributed by atoms with Crippen molar-refractivity contribution in [1.82, 2.24) is 4.90 Å². The van der Waals surface area contributed by atoms with E-state index in [1.807, 2.05) is 12.1 Å². The van der Waals surface area contributed by atoms with Crippen molar-refractivity contribution in [3.8, 4) is 0 Å². The van der Waals surface area contributed by atoms with Crippen LogP contribution in [0.3, 0.4) is 0 Å². The van der Waals surface area contributed by atoms with Crippen molar-refractivity contribution < 1.29 is 9.59 Å². The van der Waals surface area contributed by atoms with Crippen LogP contribution < -0.4 is 0 Å². The molecule has 0 atom stereocenters. The molecule has 90 valence electrons. The van der Waals surface area contributed by atoms with Gasteiger partial charge in [-0.2, -0.15) is 0 Å². The molecule has 0 N–H and O–H groups in total. The number of ketones is 1. The molecule has 1 aliphatic heterocycles. The summed E-state index contributed by atoms with van der Waals surface area (Å²) < 4.78 is 0. The van der Waals surface area contributed by atoms with E-state index in [2.05, 4.69) is 0 Å². The normalized spacial score (nSPS) is 16.1. The van der Waals surface area contributed by atoms with Gasteiger partial charge in [0.05, 0.1) is 0 Å². The molecule has 4 heteroatoms. The molecule has 1 aromatic carbocycles. The Morgan fingerprint density at radius 1 is 1.18 bits per heavy atom. The first-order valence-electron chi connectivity index (χ1n) is 5.66. The lowest BCUT2D eigenvalue weighted by Gasteiger charge is -2.26. The summed E-state index contributed by atoms with van der Waals surface area (Å²) >= 11 is 5.69. The highest BCUT2D eigenvalue weighted by Gasteiger charge is 2.21. The van der Waals surface area contributed by atoms with Crippen molar-refractivity contribution in [2.45, 2.75) is 18.7 Å². The number of piperidine rings is 1. The van der Waals surface area contributed by atoms with Gasteiger partial charge in [0.15, 0.2) is 0 Å². The van der Waals surface area contributed by atoms with Crippen molar-refractivity contribution in [3.63, 3.8) is 0 Å². The van der Waals surface area contributed by atoms with Crippen LogP contribution in [0.15, 0.2) is 24.3 Å². The zero-order chi connectivity index (χ0) is 12.3. The molecule has 0 unspecified atom stereocenters. The smallest absolute Gasteiger partial charge is 0.253 e. The van der Waals surface area contributed by atoms with Crippen LogP contribution in [0.1, 0.15) is 28.8 Å². The number of halogens is 1. The maximum absolute atomic E-state index is 12.1. The summed E-state index contributed by atoms with van der Waals surface area (Å²) in [4.78, 5) is 24.9. The zero-order valence-electron chi connectivity index (χ0n) is 9.49. The number of benzene rings is 1. The van der Waals surface area contributed by atoms with Crippen molar-refractivity contribution in [2.24, 2.45) is 0 Å². The summed E-state index contributed by atoms with van der Waals surface area (Å²) in [7, 11) is 0. The Morgan fingerprint density at radius 2 is 1.76 bits per heavy atom. The van der Waals surface area contributed by atoms with Gasteiger partial charge in [-0.3, -0.25) is 9.59 Å². The van der Waals surface area contributed by atoms with Gasteiger partial charge in [0.25, 0.3) is 5.91 Å². The lowest BCUT2D eigenvalue weighted by Crippen LogP contribution is -2.38. The Hall–Kier alpha value is -1.35. The molecular formula is C13H14ClNO2. The molecule has 0 radical (unpaired) electrons. The molecular weight excluding hydrogens is 238 g/mol. The third-order valence-electron chi connectivity index (χ3n) is 2.96. The number of carbonyl (C=O) groups excluding carboxylic acids is 2. The van der Waals surface area contributed by atoms with Gasteiger partial charge in [0.1, 0.15) is 5.78 Å². The second-order valence-electron chi connectivity index (χ2n) is 4.16. The zero-order valence-corrected chi connectivity index (χ0v) is 10.2. The predicted octanol–water partition coefficient (Wildman–Crippen LogP) is 2.23. The highest BCUT2D eigenvalue weighted by molar-refractivity contribution is 6.17. The Labute approximate surface area is 105 Å². The van der Waals surface area contributed by atoms with E-state index in [4.69, 9.17) is 11.6 Å². The maximum Gasteiger partial charge on any atom is 0.253 e. The van der Waals surface area contributed by atoms with E-state index in [0.29, 0.717) is 37.4 Å². The molecule has 1 fully saturated rings. The average Bonchev–Trinajstić information content (AvgIpc) is 2.39. The van der Waals surface area contributed by atoms with Crippen LogP contribution in [0.2, 0.25) is 0 Å². The quantitative estimate of drug-likeness (QED) is 0.756. The molecule has 17 heavy (non-hydrogen) atoms. The van der Waals surface area contributed by atoms with Gasteiger partial charge < -0.3 is 4.90 Å². The van der Waals surface area contributed by atoms with E-state index in [-0.39, 0.29) is 11.7 Å². The van der Waals surface area contributed by atoms with Gasteiger partial charge in [-0.25, -0.2) is 0 Å². The van der Waals surface area contributed by atoms with Gasteiger partial charge in [-0.15, -0.1) is 11.6 Å². The van der Waals surface area contributed by atoms with Crippen LogP contribution >= 0.6 is 11.6 Å². The van der Waals surface area contributed by atoms with Gasteiger partial charge >= 0.3 is 0 Å². The highest BCUT2D eigenvalue weighted by Crippen LogP contribution is 2.13. The van der Waals surface area contributed by atoms with E-state index in [1.165, 1.54) is 0 Å². The third kappa shape index (κ3) is 2.86. The Balaban J connectivity index is 2.05. The van der Waals surface area contributed by atoms with Gasteiger partial charge in [-0.1, -0.05) is 12.1 Å². The second-order valence-corrected chi connectivity index (χ2v) is 4.43. The first kappa shape index (κ1) is 12.1. The summed E-state index contributed by atoms with van der Waals surface area (Å²) in [6.07, 6.45) is 0.955. The van der Waals surface area contributed by atoms with Crippen molar-refractivity contribution >= 4 is 23.3 Å². The van der Waals surface area contributed by atoms with Gasteiger partial charge in [0.2, 0.25) is 0 Å². The lowest BCUT2D eigenvalue weighted by molar-refractivity contribution is -0.120. The summed E-state index contributed by atoms with van der Waals surface area (Å²) in [5.74, 6) is 0.692. The van der Waals surface area contributed by atoms with E-state index in [1.54, 1.807) is 17.0 Å². The topological polar surface area (TPSA) is 37.4 Å². The number of hydrogen-bond acceptors (Lipinski definition) is 2. The largest absolute Gasteiger partial charge is 0.338 e. The van der Waals surface area contributed by atoms with Crippen LogP contribution in [0.4, 0.5) is 0 Å². The number of amides is 1. The van der Waals surface area contributed by atoms with E-state index in [0.717, 1.165) is 5.56 Å². The molecule has 0 bridgehead atoms. The van der Waals surface area contributed by atoms with Crippen LogP contribution in [0.25, 0.3) is 0 Å². The molecule has 1 aliphatic rings. The number of nitrogens with zero attached hydrogens (tertiary/aromatic N) is 1. The minimum Gasteiger partial charge on any atom is -0.338 e. The Bertz CT molecular complexity index is 418. The maximum atomic E-state index is 12.1. The number of likely N-dealkylation sites (tertiary alicyclic amines) is 1. The van der Waals surface area contributed by atoms with E-state index >= 15 is 0 Å². The molecule has 0 aromatic heterocycles. The van der Waals surface area contributed by atoms with Crippen LogP contribution in [0, 0.1) is 0 Å². The fraction of sp³-hybridized carbons (Fsp3) is 0.385. The van der Waals surface area contributed by atoms with E-state index in [9.17, 15) is 9.59 Å². The number of alkyl halides is 1. The summed E-state index contributed by atoms with van der Waals surface area (Å²) in [5, 5.41) is 0. The molecule has 1 heterocycles. The molecule has 0 spiro atoms.